The Bertz CT molecular complexity index is 691. The number of hydrogen-bond donors (Lipinski definition) is 1. The lowest BCUT2D eigenvalue weighted by molar-refractivity contribution is 0.306. The third-order valence-electron chi connectivity index (χ3n) is 3.02. The fourth-order valence-corrected chi connectivity index (χ4v) is 2.35. The summed E-state index contributed by atoms with van der Waals surface area (Å²) in [5.74, 6) is 0.693. The van der Waals surface area contributed by atoms with Gasteiger partial charge in [0.1, 0.15) is 12.4 Å². The lowest BCUT2D eigenvalue weighted by atomic mass is 10.1. The van der Waals surface area contributed by atoms with Crippen molar-refractivity contribution in [2.45, 2.75) is 6.61 Å². The maximum absolute atomic E-state index is 6.13. The van der Waals surface area contributed by atoms with Crippen molar-refractivity contribution in [3.8, 4) is 5.75 Å². The highest BCUT2D eigenvalue weighted by atomic mass is 35.5. The highest BCUT2D eigenvalue weighted by Crippen LogP contribution is 2.26. The molecule has 0 bridgehead atoms. The van der Waals surface area contributed by atoms with Crippen LogP contribution in [0.15, 0.2) is 53.5 Å². The predicted octanol–water partition coefficient (Wildman–Crippen LogP) is 4.57. The van der Waals surface area contributed by atoms with E-state index >= 15 is 0 Å². The molecule has 0 spiro atoms. The SMILES string of the molecule is CN=CC=C(N)c1cccc(OCc2c(Cl)cccc2Cl)c1. The Morgan fingerprint density at radius 2 is 1.86 bits per heavy atom. The molecule has 0 fully saturated rings. The van der Waals surface area contributed by atoms with E-state index in [-0.39, 0.29) is 0 Å². The van der Waals surface area contributed by atoms with Crippen LogP contribution in [0.3, 0.4) is 0 Å². The summed E-state index contributed by atoms with van der Waals surface area (Å²) in [5.41, 5.74) is 8.22. The molecule has 0 heterocycles. The van der Waals surface area contributed by atoms with Crippen LogP contribution in [0.1, 0.15) is 11.1 Å². The highest BCUT2D eigenvalue weighted by Gasteiger charge is 2.07. The van der Waals surface area contributed by atoms with E-state index < -0.39 is 0 Å². The van der Waals surface area contributed by atoms with Crippen LogP contribution >= 0.6 is 23.2 Å². The van der Waals surface area contributed by atoms with Crippen LogP contribution in [0.2, 0.25) is 10.0 Å². The summed E-state index contributed by atoms with van der Waals surface area (Å²) in [4.78, 5) is 3.88. The summed E-state index contributed by atoms with van der Waals surface area (Å²) in [7, 11) is 1.69. The number of aliphatic imine (C=N–C) groups is 1. The van der Waals surface area contributed by atoms with Crippen molar-refractivity contribution in [1.29, 1.82) is 0 Å². The Kier molecular flexibility index (Phi) is 5.87. The average molecular weight is 335 g/mol. The van der Waals surface area contributed by atoms with E-state index in [4.69, 9.17) is 33.7 Å². The highest BCUT2D eigenvalue weighted by molar-refractivity contribution is 6.35. The monoisotopic (exact) mass is 334 g/mol. The van der Waals surface area contributed by atoms with Crippen molar-refractivity contribution in [1.82, 2.24) is 0 Å². The number of nitrogens with two attached hydrogens (primary N) is 1. The number of halogens is 2. The third kappa shape index (κ3) is 4.26. The van der Waals surface area contributed by atoms with Gasteiger partial charge >= 0.3 is 0 Å². The van der Waals surface area contributed by atoms with E-state index in [1.54, 1.807) is 37.5 Å². The second-order valence-corrected chi connectivity index (χ2v) is 5.36. The van der Waals surface area contributed by atoms with Gasteiger partial charge in [0.05, 0.1) is 0 Å². The van der Waals surface area contributed by atoms with Crippen LogP contribution in [0.5, 0.6) is 5.75 Å². The van der Waals surface area contributed by atoms with Crippen LogP contribution in [-0.4, -0.2) is 13.3 Å². The second kappa shape index (κ2) is 7.87. The molecule has 2 aromatic rings. The van der Waals surface area contributed by atoms with Gasteiger partial charge in [-0.25, -0.2) is 0 Å². The van der Waals surface area contributed by atoms with E-state index in [2.05, 4.69) is 4.99 Å². The summed E-state index contributed by atoms with van der Waals surface area (Å²) < 4.78 is 5.76. The Morgan fingerprint density at radius 1 is 1.18 bits per heavy atom. The molecular formula is C17H16Cl2N2O. The smallest absolute Gasteiger partial charge is 0.120 e. The van der Waals surface area contributed by atoms with Gasteiger partial charge in [-0.05, 0) is 30.3 Å². The minimum Gasteiger partial charge on any atom is -0.489 e. The number of nitrogens with zero attached hydrogens (tertiary/aromatic N) is 1. The van der Waals surface area contributed by atoms with Crippen LogP contribution in [-0.2, 0) is 6.61 Å². The Balaban J connectivity index is 2.14. The van der Waals surface area contributed by atoms with E-state index in [0.29, 0.717) is 28.1 Å². The zero-order valence-corrected chi connectivity index (χ0v) is 13.6. The molecular weight excluding hydrogens is 319 g/mol. The molecule has 3 nitrogen and oxygen atoms in total. The average Bonchev–Trinajstić information content (AvgIpc) is 2.52. The summed E-state index contributed by atoms with van der Waals surface area (Å²) in [6.07, 6.45) is 3.39. The maximum Gasteiger partial charge on any atom is 0.120 e. The molecule has 0 saturated carbocycles. The van der Waals surface area contributed by atoms with Crippen LogP contribution < -0.4 is 10.5 Å². The van der Waals surface area contributed by atoms with Gasteiger partial charge in [0.2, 0.25) is 0 Å². The topological polar surface area (TPSA) is 47.6 Å². The van der Waals surface area contributed by atoms with E-state index in [9.17, 15) is 0 Å². The Labute approximate surface area is 140 Å². The molecule has 0 aromatic heterocycles. The van der Waals surface area contributed by atoms with Gasteiger partial charge in [-0.1, -0.05) is 41.4 Å². The summed E-state index contributed by atoms with van der Waals surface area (Å²) in [5, 5.41) is 1.17. The first-order chi connectivity index (χ1) is 10.6. The molecule has 0 atom stereocenters. The standard InChI is InChI=1S/C17H16Cl2N2O/c1-21-9-8-17(20)12-4-2-5-13(10-12)22-11-14-15(18)6-3-7-16(14)19/h2-10H,11,20H2,1H3. The van der Waals surface area contributed by atoms with Gasteiger partial charge < -0.3 is 10.5 Å². The van der Waals surface area contributed by atoms with Crippen molar-refractivity contribution < 1.29 is 4.74 Å². The van der Waals surface area contributed by atoms with Gasteiger partial charge in [-0.2, -0.15) is 0 Å². The van der Waals surface area contributed by atoms with Gasteiger partial charge in [-0.15, -0.1) is 0 Å². The molecule has 0 saturated heterocycles. The first-order valence-corrected chi connectivity index (χ1v) is 7.41. The molecule has 0 aliphatic heterocycles. The van der Waals surface area contributed by atoms with Crippen LogP contribution in [0.25, 0.3) is 5.70 Å². The molecule has 5 heteroatoms. The molecule has 22 heavy (non-hydrogen) atoms. The molecule has 2 aromatic carbocycles. The van der Waals surface area contributed by atoms with Crippen molar-refractivity contribution in [3.63, 3.8) is 0 Å². The molecule has 2 rings (SSSR count). The molecule has 0 aliphatic carbocycles. The minimum absolute atomic E-state index is 0.294. The quantitative estimate of drug-likeness (QED) is 0.814. The van der Waals surface area contributed by atoms with Crippen molar-refractivity contribution in [2.24, 2.45) is 10.7 Å². The third-order valence-corrected chi connectivity index (χ3v) is 3.72. The molecule has 0 unspecified atom stereocenters. The largest absolute Gasteiger partial charge is 0.489 e. The van der Waals surface area contributed by atoms with Gasteiger partial charge in [0, 0.05) is 40.1 Å². The summed E-state index contributed by atoms with van der Waals surface area (Å²) in [6, 6.07) is 12.9. The predicted molar refractivity (Wildman–Crippen MR) is 93.8 cm³/mol. The van der Waals surface area contributed by atoms with E-state index in [1.807, 2.05) is 24.3 Å². The van der Waals surface area contributed by atoms with Gasteiger partial charge in [0.15, 0.2) is 0 Å². The number of ether oxygens (including phenoxy) is 1. The minimum atomic E-state index is 0.294. The zero-order valence-electron chi connectivity index (χ0n) is 12.1. The lowest BCUT2D eigenvalue weighted by Crippen LogP contribution is -2.00. The molecule has 114 valence electrons. The number of hydrogen-bond acceptors (Lipinski definition) is 3. The van der Waals surface area contributed by atoms with E-state index in [1.165, 1.54) is 0 Å². The molecule has 2 N–H and O–H groups in total. The summed E-state index contributed by atoms with van der Waals surface area (Å²) >= 11 is 12.3. The zero-order chi connectivity index (χ0) is 15.9. The first-order valence-electron chi connectivity index (χ1n) is 6.66. The van der Waals surface area contributed by atoms with Crippen molar-refractivity contribution >= 4 is 35.1 Å². The van der Waals surface area contributed by atoms with Crippen molar-refractivity contribution in [3.05, 3.63) is 69.7 Å². The van der Waals surface area contributed by atoms with Crippen LogP contribution in [0, 0.1) is 0 Å². The lowest BCUT2D eigenvalue weighted by Gasteiger charge is -2.10. The number of benzene rings is 2. The first kappa shape index (κ1) is 16.4. The Morgan fingerprint density at radius 3 is 2.55 bits per heavy atom. The fourth-order valence-electron chi connectivity index (χ4n) is 1.84. The number of allylic oxidation sites excluding steroid dienone is 1. The number of rotatable bonds is 5. The molecule has 0 radical (unpaired) electrons. The second-order valence-electron chi connectivity index (χ2n) is 4.55. The molecule has 0 amide bonds. The van der Waals surface area contributed by atoms with Gasteiger partial charge in [-0.3, -0.25) is 4.99 Å². The van der Waals surface area contributed by atoms with Gasteiger partial charge in [0.25, 0.3) is 0 Å². The van der Waals surface area contributed by atoms with E-state index in [0.717, 1.165) is 11.1 Å². The normalized spacial score (nSPS) is 11.9. The maximum atomic E-state index is 6.13. The Hall–Kier alpha value is -1.97. The fraction of sp³-hybridized carbons (Fsp3) is 0.118. The van der Waals surface area contributed by atoms with Crippen molar-refractivity contribution in [2.75, 3.05) is 7.05 Å². The summed E-state index contributed by atoms with van der Waals surface area (Å²) in [6.45, 7) is 0.294. The molecule has 0 aliphatic rings. The van der Waals surface area contributed by atoms with Crippen LogP contribution in [0.4, 0.5) is 0 Å².